The fourth-order valence-electron chi connectivity index (χ4n) is 2.17. The molecule has 0 saturated carbocycles. The van der Waals surface area contributed by atoms with E-state index in [9.17, 15) is 0 Å². The summed E-state index contributed by atoms with van der Waals surface area (Å²) in [6.07, 6.45) is 0. The molecule has 0 aliphatic carbocycles. The molecule has 0 atom stereocenters. The van der Waals surface area contributed by atoms with Crippen LogP contribution in [0.1, 0.15) is 6.92 Å². The Kier molecular flexibility index (Phi) is 12.1. The van der Waals surface area contributed by atoms with E-state index in [1.54, 1.807) is 14.2 Å². The largest absolute Gasteiger partial charge is 0.489 e. The highest BCUT2D eigenvalue weighted by Gasteiger charge is 2.12. The van der Waals surface area contributed by atoms with Gasteiger partial charge in [-0.3, -0.25) is 0 Å². The maximum atomic E-state index is 5.83. The third-order valence-corrected chi connectivity index (χ3v) is 3.40. The summed E-state index contributed by atoms with van der Waals surface area (Å²) in [4.78, 5) is 2.21. The van der Waals surface area contributed by atoms with Crippen molar-refractivity contribution in [2.75, 3.05) is 78.5 Å². The molecule has 0 aliphatic heterocycles. The number of nitrogens with zero attached hydrogens (tertiary/aromatic N) is 1. The Morgan fingerprint density at radius 3 is 2.25 bits per heavy atom. The van der Waals surface area contributed by atoms with Gasteiger partial charge in [0.05, 0.1) is 38.7 Å². The van der Waals surface area contributed by atoms with Crippen molar-refractivity contribution in [3.05, 3.63) is 24.3 Å². The average Bonchev–Trinajstić information content (AvgIpc) is 2.61. The highest BCUT2D eigenvalue weighted by atomic mass is 16.5. The van der Waals surface area contributed by atoms with Crippen molar-refractivity contribution in [1.29, 1.82) is 0 Å². The molecule has 0 saturated heterocycles. The van der Waals surface area contributed by atoms with Gasteiger partial charge in [0, 0.05) is 33.9 Å². The second kappa shape index (κ2) is 14.0. The second-order valence-corrected chi connectivity index (χ2v) is 5.10. The summed E-state index contributed by atoms with van der Waals surface area (Å²) < 4.78 is 27.0. The maximum Gasteiger partial charge on any atom is 0.142 e. The van der Waals surface area contributed by atoms with Gasteiger partial charge in [-0.15, -0.1) is 0 Å². The van der Waals surface area contributed by atoms with Gasteiger partial charge in [-0.05, 0) is 19.1 Å². The Hall–Kier alpha value is -1.34. The fraction of sp³-hybridized carbons (Fsp3) is 0.667. The number of hydrogen-bond donors (Lipinski definition) is 0. The van der Waals surface area contributed by atoms with Crippen LogP contribution in [0, 0.1) is 0 Å². The first-order valence-electron chi connectivity index (χ1n) is 8.43. The summed E-state index contributed by atoms with van der Waals surface area (Å²) in [5.74, 6) is 0.847. The van der Waals surface area contributed by atoms with E-state index in [1.807, 2.05) is 25.1 Å². The van der Waals surface area contributed by atoms with Crippen LogP contribution >= 0.6 is 0 Å². The van der Waals surface area contributed by atoms with Crippen molar-refractivity contribution in [1.82, 2.24) is 0 Å². The normalized spacial score (nSPS) is 10.8. The van der Waals surface area contributed by atoms with Gasteiger partial charge in [0.2, 0.25) is 0 Å². The Balaban J connectivity index is 2.58. The van der Waals surface area contributed by atoms with Crippen LogP contribution in [0.3, 0.4) is 0 Å². The van der Waals surface area contributed by atoms with Crippen molar-refractivity contribution < 1.29 is 23.7 Å². The first kappa shape index (κ1) is 20.7. The van der Waals surface area contributed by atoms with Crippen LogP contribution in [-0.4, -0.2) is 73.6 Å². The lowest BCUT2D eigenvalue weighted by Crippen LogP contribution is -2.31. The maximum absolute atomic E-state index is 5.83. The van der Waals surface area contributed by atoms with E-state index in [0.717, 1.165) is 31.1 Å². The zero-order valence-electron chi connectivity index (χ0n) is 15.2. The molecule has 6 heteroatoms. The van der Waals surface area contributed by atoms with E-state index in [-0.39, 0.29) is 0 Å². The third-order valence-electron chi connectivity index (χ3n) is 3.40. The van der Waals surface area contributed by atoms with Crippen LogP contribution in [0.15, 0.2) is 24.3 Å². The minimum absolute atomic E-state index is 0.524. The van der Waals surface area contributed by atoms with Crippen molar-refractivity contribution in [3.63, 3.8) is 0 Å². The molecule has 0 amide bonds. The molecule has 138 valence electrons. The molecule has 24 heavy (non-hydrogen) atoms. The summed E-state index contributed by atoms with van der Waals surface area (Å²) in [5, 5.41) is 0. The van der Waals surface area contributed by atoms with Crippen molar-refractivity contribution in [2.45, 2.75) is 6.92 Å². The Labute approximate surface area is 145 Å². The van der Waals surface area contributed by atoms with Crippen LogP contribution in [0.4, 0.5) is 5.69 Å². The summed E-state index contributed by atoms with van der Waals surface area (Å²) in [6, 6.07) is 8.01. The molecule has 0 fully saturated rings. The SMILES string of the molecule is CCOCCOCCN(CCOC)c1ccccc1OCCOC. The molecule has 6 nitrogen and oxygen atoms in total. The molecular weight excluding hydrogens is 310 g/mol. The van der Waals surface area contributed by atoms with E-state index in [4.69, 9.17) is 23.7 Å². The lowest BCUT2D eigenvalue weighted by molar-refractivity contribution is 0.0552. The highest BCUT2D eigenvalue weighted by Crippen LogP contribution is 2.27. The summed E-state index contributed by atoms with van der Waals surface area (Å²) in [7, 11) is 3.37. The predicted octanol–water partition coefficient (Wildman–Crippen LogP) is 2.22. The van der Waals surface area contributed by atoms with Crippen molar-refractivity contribution >= 4 is 5.69 Å². The number of rotatable bonds is 15. The molecule has 0 spiro atoms. The van der Waals surface area contributed by atoms with E-state index >= 15 is 0 Å². The van der Waals surface area contributed by atoms with Gasteiger partial charge in [-0.25, -0.2) is 0 Å². The zero-order chi connectivity index (χ0) is 17.5. The van der Waals surface area contributed by atoms with E-state index < -0.39 is 0 Å². The molecule has 1 rings (SSSR count). The molecular formula is C18H31NO5. The third kappa shape index (κ3) is 8.49. The van der Waals surface area contributed by atoms with Crippen LogP contribution in [0.2, 0.25) is 0 Å². The van der Waals surface area contributed by atoms with Crippen molar-refractivity contribution in [3.8, 4) is 5.75 Å². The molecule has 1 aromatic carbocycles. The summed E-state index contributed by atoms with van der Waals surface area (Å²) >= 11 is 0. The molecule has 0 radical (unpaired) electrons. The van der Waals surface area contributed by atoms with Crippen LogP contribution in [-0.2, 0) is 18.9 Å². The Bertz CT molecular complexity index is 416. The minimum atomic E-state index is 0.524. The van der Waals surface area contributed by atoms with Gasteiger partial charge in [0.15, 0.2) is 0 Å². The van der Waals surface area contributed by atoms with Gasteiger partial charge in [-0.1, -0.05) is 12.1 Å². The predicted molar refractivity (Wildman–Crippen MR) is 95.2 cm³/mol. The minimum Gasteiger partial charge on any atom is -0.489 e. The number of methoxy groups -OCH3 is 2. The molecule has 1 aromatic rings. The topological polar surface area (TPSA) is 49.4 Å². The van der Waals surface area contributed by atoms with E-state index in [2.05, 4.69) is 11.0 Å². The highest BCUT2D eigenvalue weighted by molar-refractivity contribution is 5.58. The van der Waals surface area contributed by atoms with Crippen LogP contribution in [0.25, 0.3) is 0 Å². The monoisotopic (exact) mass is 341 g/mol. The van der Waals surface area contributed by atoms with Gasteiger partial charge < -0.3 is 28.6 Å². The molecule has 0 aliphatic rings. The summed E-state index contributed by atoms with van der Waals surface area (Å²) in [5.41, 5.74) is 1.04. The fourth-order valence-corrected chi connectivity index (χ4v) is 2.17. The molecule has 0 heterocycles. The Morgan fingerprint density at radius 1 is 0.792 bits per heavy atom. The lowest BCUT2D eigenvalue weighted by atomic mass is 10.2. The Morgan fingerprint density at radius 2 is 1.50 bits per heavy atom. The lowest BCUT2D eigenvalue weighted by Gasteiger charge is -2.26. The number of hydrogen-bond acceptors (Lipinski definition) is 6. The summed E-state index contributed by atoms with van der Waals surface area (Å²) in [6.45, 7) is 7.83. The van der Waals surface area contributed by atoms with E-state index in [0.29, 0.717) is 39.6 Å². The van der Waals surface area contributed by atoms with Crippen molar-refractivity contribution in [2.24, 2.45) is 0 Å². The number of anilines is 1. The first-order valence-corrected chi connectivity index (χ1v) is 8.43. The van der Waals surface area contributed by atoms with Gasteiger partial charge in [0.1, 0.15) is 12.4 Å². The molecule has 0 N–H and O–H groups in total. The molecule has 0 unspecified atom stereocenters. The van der Waals surface area contributed by atoms with Crippen LogP contribution in [0.5, 0.6) is 5.75 Å². The van der Waals surface area contributed by atoms with E-state index in [1.165, 1.54) is 0 Å². The molecule has 0 bridgehead atoms. The average molecular weight is 341 g/mol. The quantitative estimate of drug-likeness (QED) is 0.456. The standard InChI is InChI=1S/C18H31NO5/c1-4-22-14-15-23-12-10-19(9-11-20-2)17-7-5-6-8-18(17)24-16-13-21-3/h5-8H,4,9-16H2,1-3H3. The smallest absolute Gasteiger partial charge is 0.142 e. The zero-order valence-corrected chi connectivity index (χ0v) is 15.2. The number of ether oxygens (including phenoxy) is 5. The first-order chi connectivity index (χ1) is 11.8. The van der Waals surface area contributed by atoms with Crippen LogP contribution < -0.4 is 9.64 Å². The second-order valence-electron chi connectivity index (χ2n) is 5.10. The van der Waals surface area contributed by atoms with Gasteiger partial charge in [-0.2, -0.15) is 0 Å². The number of benzene rings is 1. The van der Waals surface area contributed by atoms with Gasteiger partial charge in [0.25, 0.3) is 0 Å². The molecule has 0 aromatic heterocycles. The van der Waals surface area contributed by atoms with Gasteiger partial charge >= 0.3 is 0 Å². The number of para-hydroxylation sites is 2.